The van der Waals surface area contributed by atoms with E-state index >= 15 is 0 Å². The van der Waals surface area contributed by atoms with Gasteiger partial charge in [0.05, 0.1) is 6.54 Å². The van der Waals surface area contributed by atoms with Gasteiger partial charge in [0.1, 0.15) is 0 Å². The normalized spacial score (nSPS) is 12.7. The number of rotatable bonds is 5. The highest BCUT2D eigenvalue weighted by Gasteiger charge is 2.21. The van der Waals surface area contributed by atoms with Crippen LogP contribution < -0.4 is 16.0 Å². The number of carbonyl (C=O) groups is 2. The molecule has 25 heavy (non-hydrogen) atoms. The first-order valence-electron chi connectivity index (χ1n) is 8.11. The summed E-state index contributed by atoms with van der Waals surface area (Å²) in [6, 6.07) is 7.66. The minimum absolute atomic E-state index is 0. The average Bonchev–Trinajstić information content (AvgIpc) is 3.04. The largest absolute Gasteiger partial charge is 0.342 e. The van der Waals surface area contributed by atoms with Crippen molar-refractivity contribution >= 4 is 29.9 Å². The van der Waals surface area contributed by atoms with Gasteiger partial charge in [0.25, 0.3) is 5.91 Å². The molecule has 0 saturated carbocycles. The van der Waals surface area contributed by atoms with E-state index in [0.29, 0.717) is 12.2 Å². The molecule has 4 N–H and O–H groups in total. The van der Waals surface area contributed by atoms with Gasteiger partial charge in [0.15, 0.2) is 5.69 Å². The van der Waals surface area contributed by atoms with Crippen molar-refractivity contribution in [2.24, 2.45) is 0 Å². The molecule has 0 unspecified atom stereocenters. The molecule has 2 amide bonds. The first kappa shape index (κ1) is 19.0. The number of nitrogens with zero attached hydrogens (tertiary/aromatic N) is 1. The summed E-state index contributed by atoms with van der Waals surface area (Å²) >= 11 is 0. The Labute approximate surface area is 152 Å². The molecule has 2 aromatic rings. The summed E-state index contributed by atoms with van der Waals surface area (Å²) in [7, 11) is 0. The van der Waals surface area contributed by atoms with Crippen molar-refractivity contribution in [1.82, 2.24) is 20.8 Å². The highest BCUT2D eigenvalue weighted by atomic mass is 35.5. The third-order valence-electron chi connectivity index (χ3n) is 4.05. The summed E-state index contributed by atoms with van der Waals surface area (Å²) in [5, 5.41) is 15.6. The van der Waals surface area contributed by atoms with Gasteiger partial charge < -0.3 is 16.0 Å². The lowest BCUT2D eigenvalue weighted by Crippen LogP contribution is -2.34. The molecular weight excluding hydrogens is 342 g/mol. The fraction of sp³-hybridized carbons (Fsp3) is 0.353. The smallest absolute Gasteiger partial charge is 0.272 e. The Morgan fingerprint density at radius 2 is 2.16 bits per heavy atom. The number of aryl methyl sites for hydroxylation is 1. The average molecular weight is 364 g/mol. The molecule has 1 aliphatic rings. The molecule has 0 saturated heterocycles. The highest BCUT2D eigenvalue weighted by Crippen LogP contribution is 2.15. The number of hydrogen-bond donors (Lipinski definition) is 4. The van der Waals surface area contributed by atoms with Crippen LogP contribution in [0.5, 0.6) is 0 Å². The van der Waals surface area contributed by atoms with Crippen LogP contribution in [0.3, 0.4) is 0 Å². The van der Waals surface area contributed by atoms with E-state index in [1.807, 2.05) is 24.3 Å². The number of fused-ring (bicyclic) bond motifs is 1. The van der Waals surface area contributed by atoms with Gasteiger partial charge >= 0.3 is 0 Å². The standard InChI is InChI=1S/C17H21N5O2.ClH/c1-2-11-4-3-5-12(8-11)20-15(23)10-19-17(24)16-13-9-18-7-6-14(13)21-22-16;/h3-5,8,18H,2,6-7,9-10H2,1H3,(H,19,24)(H,20,23)(H,21,22);1H. The zero-order chi connectivity index (χ0) is 16.9. The number of hydrogen-bond acceptors (Lipinski definition) is 4. The Balaban J connectivity index is 0.00000225. The summed E-state index contributed by atoms with van der Waals surface area (Å²) in [5.74, 6) is -0.604. The second-order valence-corrected chi connectivity index (χ2v) is 5.74. The van der Waals surface area contributed by atoms with E-state index in [0.717, 1.165) is 41.9 Å². The number of amides is 2. The number of halogens is 1. The molecule has 0 bridgehead atoms. The highest BCUT2D eigenvalue weighted by molar-refractivity contribution is 5.99. The van der Waals surface area contributed by atoms with Crippen LogP contribution in [0.25, 0.3) is 0 Å². The number of nitrogens with one attached hydrogen (secondary N) is 4. The lowest BCUT2D eigenvalue weighted by Gasteiger charge is -2.13. The molecule has 0 aliphatic carbocycles. The van der Waals surface area contributed by atoms with Crippen molar-refractivity contribution in [2.75, 3.05) is 18.4 Å². The molecule has 7 nitrogen and oxygen atoms in total. The third-order valence-corrected chi connectivity index (χ3v) is 4.05. The first-order valence-corrected chi connectivity index (χ1v) is 8.11. The predicted molar refractivity (Wildman–Crippen MR) is 98.0 cm³/mol. The van der Waals surface area contributed by atoms with Gasteiger partial charge in [-0.05, 0) is 24.1 Å². The van der Waals surface area contributed by atoms with Gasteiger partial charge in [0, 0.05) is 36.5 Å². The maximum Gasteiger partial charge on any atom is 0.272 e. The van der Waals surface area contributed by atoms with Gasteiger partial charge in [-0.25, -0.2) is 0 Å². The van der Waals surface area contributed by atoms with Crippen molar-refractivity contribution in [3.8, 4) is 0 Å². The summed E-state index contributed by atoms with van der Waals surface area (Å²) in [6.07, 6.45) is 1.72. The maximum atomic E-state index is 12.2. The minimum atomic E-state index is -0.339. The molecule has 2 heterocycles. The number of aromatic amines is 1. The number of anilines is 1. The summed E-state index contributed by atoms with van der Waals surface area (Å²) < 4.78 is 0. The van der Waals surface area contributed by atoms with E-state index in [4.69, 9.17) is 0 Å². The van der Waals surface area contributed by atoms with Crippen LogP contribution in [0.4, 0.5) is 5.69 Å². The van der Waals surface area contributed by atoms with Crippen molar-refractivity contribution in [2.45, 2.75) is 26.3 Å². The van der Waals surface area contributed by atoms with E-state index in [-0.39, 0.29) is 30.8 Å². The molecule has 134 valence electrons. The quantitative estimate of drug-likeness (QED) is 0.645. The van der Waals surface area contributed by atoms with Gasteiger partial charge in [-0.15, -0.1) is 12.4 Å². The molecule has 1 aromatic carbocycles. The van der Waals surface area contributed by atoms with Crippen LogP contribution in [-0.4, -0.2) is 35.1 Å². The Morgan fingerprint density at radius 1 is 1.32 bits per heavy atom. The Hall–Kier alpha value is -2.38. The third kappa shape index (κ3) is 4.58. The summed E-state index contributed by atoms with van der Waals surface area (Å²) in [5.41, 5.74) is 4.11. The van der Waals surface area contributed by atoms with E-state index in [9.17, 15) is 9.59 Å². The fourth-order valence-electron chi connectivity index (χ4n) is 2.73. The van der Waals surface area contributed by atoms with Gasteiger partial charge in [-0.1, -0.05) is 19.1 Å². The van der Waals surface area contributed by atoms with Crippen molar-refractivity contribution in [3.63, 3.8) is 0 Å². The number of carbonyl (C=O) groups excluding carboxylic acids is 2. The molecule has 1 aromatic heterocycles. The van der Waals surface area contributed by atoms with Gasteiger partial charge in [0.2, 0.25) is 5.91 Å². The second-order valence-electron chi connectivity index (χ2n) is 5.74. The molecule has 3 rings (SSSR count). The van der Waals surface area contributed by atoms with Crippen molar-refractivity contribution in [1.29, 1.82) is 0 Å². The number of H-pyrrole nitrogens is 1. The SMILES string of the molecule is CCc1cccc(NC(=O)CNC(=O)c2n[nH]c3c2CNCC3)c1.Cl. The molecule has 0 atom stereocenters. The first-order chi connectivity index (χ1) is 11.7. The van der Waals surface area contributed by atoms with E-state index in [2.05, 4.69) is 33.1 Å². The van der Waals surface area contributed by atoms with Crippen molar-refractivity contribution in [3.05, 3.63) is 46.8 Å². The van der Waals surface area contributed by atoms with Gasteiger partial charge in [-0.3, -0.25) is 14.7 Å². The Bertz CT molecular complexity index is 759. The van der Waals surface area contributed by atoms with Crippen LogP contribution in [0.1, 0.15) is 34.2 Å². The van der Waals surface area contributed by atoms with Crippen LogP contribution in [0.15, 0.2) is 24.3 Å². The maximum absolute atomic E-state index is 12.2. The van der Waals surface area contributed by atoms with E-state index in [1.165, 1.54) is 0 Å². The van der Waals surface area contributed by atoms with Gasteiger partial charge in [-0.2, -0.15) is 5.10 Å². The van der Waals surface area contributed by atoms with Crippen LogP contribution in [-0.2, 0) is 24.2 Å². The summed E-state index contributed by atoms with van der Waals surface area (Å²) in [4.78, 5) is 24.2. The molecule has 0 radical (unpaired) electrons. The van der Waals surface area contributed by atoms with Crippen molar-refractivity contribution < 1.29 is 9.59 Å². The van der Waals surface area contributed by atoms with Crippen LogP contribution in [0.2, 0.25) is 0 Å². The molecule has 1 aliphatic heterocycles. The Kier molecular flexibility index (Phi) is 6.55. The monoisotopic (exact) mass is 363 g/mol. The Morgan fingerprint density at radius 3 is 2.96 bits per heavy atom. The lowest BCUT2D eigenvalue weighted by atomic mass is 10.1. The fourth-order valence-corrected chi connectivity index (χ4v) is 2.73. The van der Waals surface area contributed by atoms with E-state index in [1.54, 1.807) is 0 Å². The zero-order valence-electron chi connectivity index (χ0n) is 14.0. The number of aromatic nitrogens is 2. The van der Waals surface area contributed by atoms with Crippen LogP contribution in [0, 0.1) is 0 Å². The molecule has 0 fully saturated rings. The molecular formula is C17H22ClN5O2. The minimum Gasteiger partial charge on any atom is -0.342 e. The molecule has 0 spiro atoms. The van der Waals surface area contributed by atoms with E-state index < -0.39 is 0 Å². The topological polar surface area (TPSA) is 98.9 Å². The van der Waals surface area contributed by atoms with Crippen LogP contribution >= 0.6 is 12.4 Å². The predicted octanol–water partition coefficient (Wildman–Crippen LogP) is 1.41. The lowest BCUT2D eigenvalue weighted by molar-refractivity contribution is -0.115. The molecule has 8 heteroatoms. The number of benzene rings is 1. The second kappa shape index (κ2) is 8.64. The zero-order valence-corrected chi connectivity index (χ0v) is 14.8. The summed E-state index contributed by atoms with van der Waals surface area (Å²) in [6.45, 7) is 3.45.